The Balaban J connectivity index is 1.47. The van der Waals surface area contributed by atoms with Crippen molar-refractivity contribution in [3.8, 4) is 5.75 Å². The van der Waals surface area contributed by atoms with Gasteiger partial charge in [-0.2, -0.15) is 0 Å². The Morgan fingerprint density at radius 1 is 1.12 bits per heavy atom. The molecule has 0 aliphatic carbocycles. The van der Waals surface area contributed by atoms with E-state index in [2.05, 4.69) is 5.32 Å². The first-order valence-electron chi connectivity index (χ1n) is 9.05. The minimum absolute atomic E-state index is 0.0340. The van der Waals surface area contributed by atoms with Crippen molar-refractivity contribution in [3.05, 3.63) is 65.7 Å². The predicted octanol–water partition coefficient (Wildman–Crippen LogP) is 2.62. The Bertz CT molecular complexity index is 806. The summed E-state index contributed by atoms with van der Waals surface area (Å²) in [5.74, 6) is 1.02. The maximum atomic E-state index is 13.0. The van der Waals surface area contributed by atoms with Gasteiger partial charge in [-0.05, 0) is 30.0 Å². The molecule has 0 saturated carbocycles. The van der Waals surface area contributed by atoms with Gasteiger partial charge in [0.1, 0.15) is 12.4 Å². The summed E-state index contributed by atoms with van der Waals surface area (Å²) < 4.78 is 5.92. The van der Waals surface area contributed by atoms with E-state index >= 15 is 0 Å². The molecule has 2 aromatic carbocycles. The number of carbonyl (C=O) groups excluding carboxylic acids is 2. The summed E-state index contributed by atoms with van der Waals surface area (Å²) in [6, 6.07) is 17.3. The van der Waals surface area contributed by atoms with E-state index in [9.17, 15) is 9.59 Å². The lowest BCUT2D eigenvalue weighted by Gasteiger charge is -2.34. The molecular formula is C21H22N2O3. The number of likely N-dealkylation sites (tertiary alicyclic amines) is 1. The number of amides is 2. The summed E-state index contributed by atoms with van der Waals surface area (Å²) in [6.07, 6.45) is 1.45. The minimum Gasteiger partial charge on any atom is -0.488 e. The van der Waals surface area contributed by atoms with E-state index in [4.69, 9.17) is 4.74 Å². The molecule has 2 aliphatic rings. The Kier molecular flexibility index (Phi) is 4.61. The van der Waals surface area contributed by atoms with Gasteiger partial charge >= 0.3 is 0 Å². The van der Waals surface area contributed by atoms with Gasteiger partial charge in [0.05, 0.1) is 5.56 Å². The van der Waals surface area contributed by atoms with Crippen LogP contribution in [0.2, 0.25) is 0 Å². The van der Waals surface area contributed by atoms with Crippen LogP contribution in [0.5, 0.6) is 5.75 Å². The molecule has 0 spiro atoms. The van der Waals surface area contributed by atoms with E-state index in [-0.39, 0.29) is 17.9 Å². The summed E-state index contributed by atoms with van der Waals surface area (Å²) in [5, 5.41) is 2.99. The van der Waals surface area contributed by atoms with Crippen LogP contribution >= 0.6 is 0 Å². The molecule has 2 heterocycles. The van der Waals surface area contributed by atoms with Crippen molar-refractivity contribution in [2.45, 2.75) is 25.5 Å². The lowest BCUT2D eigenvalue weighted by atomic mass is 9.92. The monoisotopic (exact) mass is 350 g/mol. The van der Waals surface area contributed by atoms with Crippen LogP contribution in [0.25, 0.3) is 0 Å². The van der Waals surface area contributed by atoms with Gasteiger partial charge in [-0.25, -0.2) is 0 Å². The van der Waals surface area contributed by atoms with Crippen LogP contribution in [0.1, 0.15) is 28.8 Å². The molecule has 2 aromatic rings. The summed E-state index contributed by atoms with van der Waals surface area (Å²) in [4.78, 5) is 26.5. The normalized spacial score (nSPS) is 21.8. The van der Waals surface area contributed by atoms with Crippen LogP contribution in [-0.4, -0.2) is 35.8 Å². The molecule has 134 valence electrons. The molecule has 1 N–H and O–H groups in total. The molecule has 5 heteroatoms. The lowest BCUT2D eigenvalue weighted by molar-refractivity contribution is -0.119. The van der Waals surface area contributed by atoms with Crippen LogP contribution < -0.4 is 10.1 Å². The predicted molar refractivity (Wildman–Crippen MR) is 97.8 cm³/mol. The number of ether oxygens (including phenoxy) is 1. The number of nitrogens with zero attached hydrogens (tertiary/aromatic N) is 1. The number of fused-ring (bicyclic) bond motifs is 1. The van der Waals surface area contributed by atoms with Gasteiger partial charge in [0.2, 0.25) is 5.91 Å². The van der Waals surface area contributed by atoms with E-state index in [1.54, 1.807) is 0 Å². The number of hydrogen-bond donors (Lipinski definition) is 1. The highest BCUT2D eigenvalue weighted by Gasteiger charge is 2.38. The number of carbonyl (C=O) groups is 2. The van der Waals surface area contributed by atoms with Crippen LogP contribution in [0.15, 0.2) is 54.6 Å². The molecule has 2 saturated heterocycles. The van der Waals surface area contributed by atoms with Crippen molar-refractivity contribution >= 4 is 11.8 Å². The van der Waals surface area contributed by atoms with Crippen molar-refractivity contribution in [2.24, 2.45) is 5.92 Å². The smallest absolute Gasteiger partial charge is 0.257 e. The summed E-state index contributed by atoms with van der Waals surface area (Å²) in [5.41, 5.74) is 1.63. The van der Waals surface area contributed by atoms with E-state index in [0.29, 0.717) is 43.3 Å². The van der Waals surface area contributed by atoms with Crippen LogP contribution in [0.3, 0.4) is 0 Å². The summed E-state index contributed by atoms with van der Waals surface area (Å²) >= 11 is 0. The van der Waals surface area contributed by atoms with Crippen molar-refractivity contribution in [1.29, 1.82) is 0 Å². The van der Waals surface area contributed by atoms with Crippen LogP contribution in [-0.2, 0) is 11.4 Å². The summed E-state index contributed by atoms with van der Waals surface area (Å²) in [7, 11) is 0. The van der Waals surface area contributed by atoms with Gasteiger partial charge in [0.15, 0.2) is 0 Å². The van der Waals surface area contributed by atoms with Gasteiger partial charge < -0.3 is 15.0 Å². The van der Waals surface area contributed by atoms with Gasteiger partial charge in [-0.1, -0.05) is 42.5 Å². The zero-order valence-electron chi connectivity index (χ0n) is 14.6. The topological polar surface area (TPSA) is 58.6 Å². The Morgan fingerprint density at radius 3 is 2.73 bits per heavy atom. The molecule has 0 radical (unpaired) electrons. The van der Waals surface area contributed by atoms with Gasteiger partial charge in [-0.3, -0.25) is 9.59 Å². The second-order valence-corrected chi connectivity index (χ2v) is 6.95. The molecule has 5 nitrogen and oxygen atoms in total. The molecule has 4 rings (SSSR count). The maximum Gasteiger partial charge on any atom is 0.257 e. The molecule has 0 unspecified atom stereocenters. The fourth-order valence-corrected chi connectivity index (χ4v) is 3.77. The third kappa shape index (κ3) is 3.43. The Hall–Kier alpha value is -2.82. The van der Waals surface area contributed by atoms with Crippen molar-refractivity contribution in [3.63, 3.8) is 0 Å². The van der Waals surface area contributed by atoms with Crippen molar-refractivity contribution in [1.82, 2.24) is 10.2 Å². The number of para-hydroxylation sites is 1. The van der Waals surface area contributed by atoms with Crippen molar-refractivity contribution in [2.75, 3.05) is 13.1 Å². The molecule has 2 aliphatic heterocycles. The summed E-state index contributed by atoms with van der Waals surface area (Å²) in [6.45, 7) is 1.68. The van der Waals surface area contributed by atoms with Gasteiger partial charge in [-0.15, -0.1) is 0 Å². The SMILES string of the molecule is O=C1C[C@H]2CCN(C(=O)c3ccccc3OCc3ccccc3)C[C@H]2N1. The highest BCUT2D eigenvalue weighted by Crippen LogP contribution is 2.28. The first-order valence-corrected chi connectivity index (χ1v) is 9.05. The minimum atomic E-state index is -0.0340. The largest absolute Gasteiger partial charge is 0.488 e. The first kappa shape index (κ1) is 16.6. The molecule has 26 heavy (non-hydrogen) atoms. The Morgan fingerprint density at radius 2 is 1.88 bits per heavy atom. The van der Waals surface area contributed by atoms with E-state index in [1.165, 1.54) is 0 Å². The number of rotatable bonds is 4. The fourth-order valence-electron chi connectivity index (χ4n) is 3.77. The highest BCUT2D eigenvalue weighted by molar-refractivity contribution is 5.97. The molecular weight excluding hydrogens is 328 g/mol. The average molecular weight is 350 g/mol. The molecule has 2 atom stereocenters. The standard InChI is InChI=1S/C21H22N2O3/c24-20-12-16-10-11-23(13-18(16)22-20)21(25)17-8-4-5-9-19(17)26-14-15-6-2-1-3-7-15/h1-9,16,18H,10-14H2,(H,22,24)/t16-,18-/m1/s1. The fraction of sp³-hybridized carbons (Fsp3) is 0.333. The Labute approximate surface area is 153 Å². The number of benzene rings is 2. The lowest BCUT2D eigenvalue weighted by Crippen LogP contribution is -2.49. The molecule has 0 bridgehead atoms. The van der Waals surface area contributed by atoms with E-state index in [1.807, 2.05) is 59.5 Å². The number of nitrogens with one attached hydrogen (secondary N) is 1. The molecule has 0 aromatic heterocycles. The molecule has 2 amide bonds. The van der Waals surface area contributed by atoms with Gasteiger partial charge in [0, 0.05) is 25.6 Å². The second-order valence-electron chi connectivity index (χ2n) is 6.95. The molecule has 2 fully saturated rings. The first-order chi connectivity index (χ1) is 12.7. The van der Waals surface area contributed by atoms with Crippen LogP contribution in [0.4, 0.5) is 0 Å². The quantitative estimate of drug-likeness (QED) is 0.922. The van der Waals surface area contributed by atoms with Crippen molar-refractivity contribution < 1.29 is 14.3 Å². The zero-order valence-corrected chi connectivity index (χ0v) is 14.6. The third-order valence-electron chi connectivity index (χ3n) is 5.19. The number of hydrogen-bond acceptors (Lipinski definition) is 3. The highest BCUT2D eigenvalue weighted by atomic mass is 16.5. The maximum absolute atomic E-state index is 13.0. The van der Waals surface area contributed by atoms with E-state index in [0.717, 1.165) is 12.0 Å². The van der Waals surface area contributed by atoms with E-state index < -0.39 is 0 Å². The average Bonchev–Trinajstić information content (AvgIpc) is 3.06. The second kappa shape index (κ2) is 7.20. The van der Waals surface area contributed by atoms with Gasteiger partial charge in [0.25, 0.3) is 5.91 Å². The zero-order chi connectivity index (χ0) is 17.9. The third-order valence-corrected chi connectivity index (χ3v) is 5.19. The van der Waals surface area contributed by atoms with Crippen LogP contribution in [0, 0.1) is 5.92 Å². The number of piperidine rings is 1.